The van der Waals surface area contributed by atoms with Crippen molar-refractivity contribution in [2.24, 2.45) is 0 Å². The third-order valence-electron chi connectivity index (χ3n) is 2.60. The van der Waals surface area contributed by atoms with Gasteiger partial charge in [-0.25, -0.2) is 0 Å². The lowest BCUT2D eigenvalue weighted by atomic mass is 10.2. The van der Waals surface area contributed by atoms with E-state index in [1.54, 1.807) is 0 Å². The van der Waals surface area contributed by atoms with E-state index in [0.717, 1.165) is 22.8 Å². The summed E-state index contributed by atoms with van der Waals surface area (Å²) in [6.07, 6.45) is 5.83. The lowest BCUT2D eigenvalue weighted by molar-refractivity contribution is 0.281. The number of allylic oxidation sites excluding steroid dienone is 1. The normalized spacial score (nSPS) is 16.4. The zero-order valence-corrected chi connectivity index (χ0v) is 9.30. The van der Waals surface area contributed by atoms with Crippen LogP contribution in [0.4, 0.5) is 0 Å². The van der Waals surface area contributed by atoms with Gasteiger partial charge in [0.05, 0.1) is 0 Å². The van der Waals surface area contributed by atoms with Gasteiger partial charge >= 0.3 is 0 Å². The molecule has 2 nitrogen and oxygen atoms in total. The minimum absolute atomic E-state index is 0.651. The van der Waals surface area contributed by atoms with Crippen LogP contribution in [0.5, 0.6) is 0 Å². The van der Waals surface area contributed by atoms with E-state index in [4.69, 9.17) is 9.15 Å². The largest absolute Gasteiger partial charge is 0.489 e. The van der Waals surface area contributed by atoms with Crippen LogP contribution in [-0.2, 0) is 4.74 Å². The summed E-state index contributed by atoms with van der Waals surface area (Å²) in [5, 5.41) is 0. The van der Waals surface area contributed by atoms with Crippen molar-refractivity contribution in [3.05, 3.63) is 66.1 Å². The molecule has 0 fully saturated rings. The van der Waals surface area contributed by atoms with E-state index in [1.807, 2.05) is 60.7 Å². The Kier molecular flexibility index (Phi) is 2.54. The fourth-order valence-electron chi connectivity index (χ4n) is 1.77. The van der Waals surface area contributed by atoms with Crippen LogP contribution in [0.1, 0.15) is 5.76 Å². The molecule has 2 aromatic rings. The van der Waals surface area contributed by atoms with Crippen LogP contribution in [0, 0.1) is 0 Å². The molecular formula is C15H12O2. The molecule has 2 heterocycles. The van der Waals surface area contributed by atoms with Crippen molar-refractivity contribution in [2.75, 3.05) is 6.61 Å². The summed E-state index contributed by atoms with van der Waals surface area (Å²) >= 11 is 0. The third kappa shape index (κ3) is 2.16. The van der Waals surface area contributed by atoms with Gasteiger partial charge in [-0.1, -0.05) is 30.3 Å². The van der Waals surface area contributed by atoms with E-state index < -0.39 is 0 Å². The molecule has 0 unspecified atom stereocenters. The number of benzene rings is 1. The average Bonchev–Trinajstić information content (AvgIpc) is 3.02. The van der Waals surface area contributed by atoms with Crippen LogP contribution in [-0.4, -0.2) is 6.61 Å². The Labute approximate surface area is 99.8 Å². The molecule has 1 aromatic carbocycles. The molecule has 0 amide bonds. The Balaban J connectivity index is 1.88. The fourth-order valence-corrected chi connectivity index (χ4v) is 1.77. The topological polar surface area (TPSA) is 22.4 Å². The van der Waals surface area contributed by atoms with Crippen molar-refractivity contribution < 1.29 is 9.15 Å². The van der Waals surface area contributed by atoms with Crippen LogP contribution >= 0.6 is 0 Å². The number of hydrogen-bond donors (Lipinski definition) is 0. The highest BCUT2D eigenvalue weighted by molar-refractivity contribution is 5.60. The summed E-state index contributed by atoms with van der Waals surface area (Å²) in [6, 6.07) is 14.0. The van der Waals surface area contributed by atoms with Crippen molar-refractivity contribution in [2.45, 2.75) is 0 Å². The first-order valence-electron chi connectivity index (χ1n) is 5.58. The first kappa shape index (κ1) is 9.97. The molecule has 0 saturated carbocycles. The summed E-state index contributed by atoms with van der Waals surface area (Å²) in [5.74, 6) is 2.53. The molecule has 0 radical (unpaired) electrons. The zero-order valence-electron chi connectivity index (χ0n) is 9.30. The van der Waals surface area contributed by atoms with Gasteiger partial charge in [-0.15, -0.1) is 0 Å². The highest BCUT2D eigenvalue weighted by atomic mass is 16.5. The number of ether oxygens (including phenoxy) is 1. The number of furan rings is 1. The first-order chi connectivity index (χ1) is 8.42. The van der Waals surface area contributed by atoms with Gasteiger partial charge in [-0.05, 0) is 24.3 Å². The van der Waals surface area contributed by atoms with E-state index in [2.05, 4.69) is 0 Å². The molecule has 84 valence electrons. The zero-order chi connectivity index (χ0) is 11.5. The lowest BCUT2D eigenvalue weighted by Gasteiger charge is -1.96. The molecule has 3 rings (SSSR count). The van der Waals surface area contributed by atoms with Gasteiger partial charge in [0.1, 0.15) is 23.9 Å². The van der Waals surface area contributed by atoms with Gasteiger partial charge in [-0.2, -0.15) is 0 Å². The minimum Gasteiger partial charge on any atom is -0.489 e. The molecule has 2 heteroatoms. The van der Waals surface area contributed by atoms with Gasteiger partial charge in [0.25, 0.3) is 0 Å². The summed E-state index contributed by atoms with van der Waals surface area (Å²) in [5.41, 5.74) is 1.08. The summed E-state index contributed by atoms with van der Waals surface area (Å²) < 4.78 is 11.1. The van der Waals surface area contributed by atoms with Crippen molar-refractivity contribution in [1.29, 1.82) is 0 Å². The second kappa shape index (κ2) is 4.34. The van der Waals surface area contributed by atoms with Crippen LogP contribution in [0.25, 0.3) is 17.4 Å². The molecule has 0 N–H and O–H groups in total. The lowest BCUT2D eigenvalue weighted by Crippen LogP contribution is -1.79. The highest BCUT2D eigenvalue weighted by Gasteiger charge is 2.05. The van der Waals surface area contributed by atoms with E-state index >= 15 is 0 Å². The van der Waals surface area contributed by atoms with Gasteiger partial charge in [0.15, 0.2) is 0 Å². The van der Waals surface area contributed by atoms with E-state index in [1.165, 1.54) is 0 Å². The number of rotatable bonds is 2. The Morgan fingerprint density at radius 2 is 1.88 bits per heavy atom. The molecule has 1 aromatic heterocycles. The average molecular weight is 224 g/mol. The van der Waals surface area contributed by atoms with Crippen LogP contribution in [0.2, 0.25) is 0 Å². The molecule has 0 saturated heterocycles. The van der Waals surface area contributed by atoms with Crippen LogP contribution < -0.4 is 0 Å². The summed E-state index contributed by atoms with van der Waals surface area (Å²) in [7, 11) is 0. The van der Waals surface area contributed by atoms with Gasteiger partial charge in [0.2, 0.25) is 0 Å². The van der Waals surface area contributed by atoms with Crippen molar-refractivity contribution in [3.63, 3.8) is 0 Å². The highest BCUT2D eigenvalue weighted by Crippen LogP contribution is 2.23. The molecule has 1 aliphatic heterocycles. The van der Waals surface area contributed by atoms with Crippen molar-refractivity contribution >= 4 is 6.08 Å². The molecule has 0 bridgehead atoms. The molecular weight excluding hydrogens is 212 g/mol. The summed E-state index contributed by atoms with van der Waals surface area (Å²) in [4.78, 5) is 0. The molecule has 17 heavy (non-hydrogen) atoms. The van der Waals surface area contributed by atoms with Gasteiger partial charge < -0.3 is 9.15 Å². The van der Waals surface area contributed by atoms with E-state index in [9.17, 15) is 0 Å². The molecule has 0 atom stereocenters. The molecule has 1 aliphatic rings. The second-order valence-electron chi connectivity index (χ2n) is 3.83. The predicted molar refractivity (Wildman–Crippen MR) is 67.2 cm³/mol. The summed E-state index contributed by atoms with van der Waals surface area (Å²) in [6.45, 7) is 0.651. The molecule has 0 spiro atoms. The fraction of sp³-hybridized carbons (Fsp3) is 0.0667. The Bertz CT molecular complexity index is 562. The minimum atomic E-state index is 0.651. The van der Waals surface area contributed by atoms with Gasteiger partial charge in [-0.3, -0.25) is 0 Å². The monoisotopic (exact) mass is 224 g/mol. The van der Waals surface area contributed by atoms with Crippen LogP contribution in [0.3, 0.4) is 0 Å². The van der Waals surface area contributed by atoms with Crippen LogP contribution in [0.15, 0.2) is 64.8 Å². The van der Waals surface area contributed by atoms with Crippen molar-refractivity contribution in [1.82, 2.24) is 0 Å². The predicted octanol–water partition coefficient (Wildman–Crippen LogP) is 3.87. The number of hydrogen-bond acceptors (Lipinski definition) is 2. The van der Waals surface area contributed by atoms with Gasteiger partial charge in [0, 0.05) is 11.6 Å². The maximum atomic E-state index is 5.74. The standard InChI is InChI=1S/C15H12O2/c1-2-5-12(6-3-1)15-9-8-14(17-15)11-13-7-4-10-16-13/h1-9,11H,10H2/b13-11+. The second-order valence-corrected chi connectivity index (χ2v) is 3.83. The SMILES string of the molecule is C1=C/C(=C\c2ccc(-c3ccccc3)o2)OC1. The maximum absolute atomic E-state index is 5.74. The van der Waals surface area contributed by atoms with E-state index in [0.29, 0.717) is 6.61 Å². The molecule has 0 aliphatic carbocycles. The smallest absolute Gasteiger partial charge is 0.134 e. The Morgan fingerprint density at radius 1 is 1.00 bits per heavy atom. The quantitative estimate of drug-likeness (QED) is 0.772. The maximum Gasteiger partial charge on any atom is 0.134 e. The Morgan fingerprint density at radius 3 is 2.65 bits per heavy atom. The van der Waals surface area contributed by atoms with E-state index in [-0.39, 0.29) is 0 Å². The third-order valence-corrected chi connectivity index (χ3v) is 2.60. The Hall–Kier alpha value is -2.22. The first-order valence-corrected chi connectivity index (χ1v) is 5.58. The van der Waals surface area contributed by atoms with Crippen molar-refractivity contribution in [3.8, 4) is 11.3 Å².